The lowest BCUT2D eigenvalue weighted by atomic mass is 10.2. The van der Waals surface area contributed by atoms with Crippen molar-refractivity contribution in [2.45, 2.75) is 26.3 Å². The van der Waals surface area contributed by atoms with E-state index >= 15 is 0 Å². The van der Waals surface area contributed by atoms with Gasteiger partial charge in [-0.05, 0) is 24.1 Å². The van der Waals surface area contributed by atoms with Gasteiger partial charge in [0.2, 0.25) is 5.91 Å². The normalized spacial score (nSPS) is 10.3. The Morgan fingerprint density at radius 3 is 2.42 bits per heavy atom. The van der Waals surface area contributed by atoms with Gasteiger partial charge in [0.1, 0.15) is 0 Å². The van der Waals surface area contributed by atoms with E-state index in [1.807, 2.05) is 14.1 Å². The maximum absolute atomic E-state index is 11.4. The van der Waals surface area contributed by atoms with Gasteiger partial charge in [-0.25, -0.2) is 0 Å². The lowest BCUT2D eigenvalue weighted by molar-refractivity contribution is -0.120. The van der Waals surface area contributed by atoms with Gasteiger partial charge in [0.05, 0.1) is 0 Å². The van der Waals surface area contributed by atoms with Crippen molar-refractivity contribution in [3.63, 3.8) is 0 Å². The molecule has 19 heavy (non-hydrogen) atoms. The summed E-state index contributed by atoms with van der Waals surface area (Å²) < 4.78 is 0. The number of anilines is 1. The van der Waals surface area contributed by atoms with Crippen molar-refractivity contribution < 1.29 is 4.79 Å². The van der Waals surface area contributed by atoms with Gasteiger partial charge in [0.25, 0.3) is 0 Å². The van der Waals surface area contributed by atoms with Crippen LogP contribution in [0.3, 0.4) is 0 Å². The second kappa shape index (κ2) is 8.53. The van der Waals surface area contributed by atoms with Crippen LogP contribution in [0.25, 0.3) is 0 Å². The van der Waals surface area contributed by atoms with E-state index in [0.29, 0.717) is 13.0 Å². The zero-order valence-electron chi connectivity index (χ0n) is 12.2. The quantitative estimate of drug-likeness (QED) is 0.702. The Kier molecular flexibility index (Phi) is 6.97. The van der Waals surface area contributed by atoms with E-state index in [1.165, 1.54) is 11.3 Å². The number of nitrogens with one attached hydrogen (secondary N) is 2. The first-order chi connectivity index (χ1) is 9.13. The SMILES string of the molecule is CCCNC(=O)CCNCc1ccc(N(C)C)cc1. The number of benzene rings is 1. The van der Waals surface area contributed by atoms with Crippen LogP contribution in [-0.2, 0) is 11.3 Å². The number of hydrogen-bond donors (Lipinski definition) is 2. The predicted molar refractivity (Wildman–Crippen MR) is 80.4 cm³/mol. The molecule has 0 bridgehead atoms. The van der Waals surface area contributed by atoms with Crippen LogP contribution in [0.15, 0.2) is 24.3 Å². The van der Waals surface area contributed by atoms with Crippen LogP contribution in [0.1, 0.15) is 25.3 Å². The molecule has 0 heterocycles. The van der Waals surface area contributed by atoms with Crippen LogP contribution in [-0.4, -0.2) is 33.1 Å². The summed E-state index contributed by atoms with van der Waals surface area (Å²) in [4.78, 5) is 13.5. The summed E-state index contributed by atoms with van der Waals surface area (Å²) in [7, 11) is 4.06. The van der Waals surface area contributed by atoms with Gasteiger partial charge < -0.3 is 15.5 Å². The molecule has 0 saturated carbocycles. The maximum atomic E-state index is 11.4. The minimum Gasteiger partial charge on any atom is -0.378 e. The first-order valence-electron chi connectivity index (χ1n) is 6.87. The molecule has 0 unspecified atom stereocenters. The summed E-state index contributed by atoms with van der Waals surface area (Å²) in [6, 6.07) is 8.43. The minimum atomic E-state index is 0.123. The van der Waals surface area contributed by atoms with Crippen molar-refractivity contribution in [2.24, 2.45) is 0 Å². The average Bonchev–Trinajstić information content (AvgIpc) is 2.41. The van der Waals surface area contributed by atoms with Gasteiger partial charge in [-0.1, -0.05) is 19.1 Å². The third-order valence-electron chi connectivity index (χ3n) is 2.88. The van der Waals surface area contributed by atoms with Crippen LogP contribution < -0.4 is 15.5 Å². The molecule has 4 heteroatoms. The largest absolute Gasteiger partial charge is 0.378 e. The fourth-order valence-electron chi connectivity index (χ4n) is 1.70. The molecule has 0 spiro atoms. The predicted octanol–water partition coefficient (Wildman–Crippen LogP) is 1.76. The molecule has 0 aliphatic rings. The van der Waals surface area contributed by atoms with Gasteiger partial charge in [-0.2, -0.15) is 0 Å². The Balaban J connectivity index is 2.20. The molecule has 0 aliphatic heterocycles. The smallest absolute Gasteiger partial charge is 0.221 e. The summed E-state index contributed by atoms with van der Waals surface area (Å²) in [5.41, 5.74) is 2.43. The van der Waals surface area contributed by atoms with E-state index in [9.17, 15) is 4.79 Å². The zero-order chi connectivity index (χ0) is 14.1. The molecule has 1 amide bonds. The lowest BCUT2D eigenvalue weighted by Crippen LogP contribution is -2.28. The van der Waals surface area contributed by atoms with Crippen molar-refractivity contribution in [2.75, 3.05) is 32.1 Å². The van der Waals surface area contributed by atoms with Crippen molar-refractivity contribution in [1.29, 1.82) is 0 Å². The Morgan fingerprint density at radius 2 is 1.84 bits per heavy atom. The van der Waals surface area contributed by atoms with E-state index < -0.39 is 0 Å². The van der Waals surface area contributed by atoms with Gasteiger partial charge in [-0.15, -0.1) is 0 Å². The van der Waals surface area contributed by atoms with E-state index in [0.717, 1.165) is 19.5 Å². The van der Waals surface area contributed by atoms with E-state index in [-0.39, 0.29) is 5.91 Å². The first kappa shape index (κ1) is 15.5. The number of carbonyl (C=O) groups is 1. The van der Waals surface area contributed by atoms with Crippen LogP contribution in [0.4, 0.5) is 5.69 Å². The first-order valence-corrected chi connectivity index (χ1v) is 6.87. The molecule has 1 aromatic rings. The molecule has 0 aromatic heterocycles. The average molecular weight is 263 g/mol. The molecule has 0 radical (unpaired) electrons. The number of carbonyl (C=O) groups excluding carboxylic acids is 1. The molecule has 0 aliphatic carbocycles. The molecule has 0 fully saturated rings. The Bertz CT molecular complexity index is 373. The van der Waals surface area contributed by atoms with E-state index in [4.69, 9.17) is 0 Å². The molecule has 0 atom stereocenters. The standard InChI is InChI=1S/C15H25N3O/c1-4-10-17-15(19)9-11-16-12-13-5-7-14(8-6-13)18(2)3/h5-8,16H,4,9-12H2,1-3H3,(H,17,19). The van der Waals surface area contributed by atoms with Crippen molar-refractivity contribution in [3.05, 3.63) is 29.8 Å². The monoisotopic (exact) mass is 263 g/mol. The number of nitrogens with zero attached hydrogens (tertiary/aromatic N) is 1. The summed E-state index contributed by atoms with van der Waals surface area (Å²) in [5.74, 6) is 0.123. The number of amides is 1. The molecule has 0 saturated heterocycles. The number of hydrogen-bond acceptors (Lipinski definition) is 3. The molecular weight excluding hydrogens is 238 g/mol. The van der Waals surface area contributed by atoms with Crippen LogP contribution >= 0.6 is 0 Å². The summed E-state index contributed by atoms with van der Waals surface area (Å²) >= 11 is 0. The Morgan fingerprint density at radius 1 is 1.16 bits per heavy atom. The van der Waals surface area contributed by atoms with Crippen molar-refractivity contribution in [3.8, 4) is 0 Å². The summed E-state index contributed by atoms with van der Waals surface area (Å²) in [6.45, 7) is 4.33. The van der Waals surface area contributed by atoms with E-state index in [1.54, 1.807) is 0 Å². The third-order valence-corrected chi connectivity index (χ3v) is 2.88. The molecular formula is C15H25N3O. The molecule has 1 aromatic carbocycles. The lowest BCUT2D eigenvalue weighted by Gasteiger charge is -2.12. The van der Waals surface area contributed by atoms with Gasteiger partial charge in [0, 0.05) is 45.8 Å². The fourth-order valence-corrected chi connectivity index (χ4v) is 1.70. The zero-order valence-corrected chi connectivity index (χ0v) is 12.2. The fraction of sp³-hybridized carbons (Fsp3) is 0.533. The Hall–Kier alpha value is -1.55. The number of rotatable bonds is 8. The van der Waals surface area contributed by atoms with Gasteiger partial charge in [0.15, 0.2) is 0 Å². The highest BCUT2D eigenvalue weighted by molar-refractivity contribution is 5.75. The van der Waals surface area contributed by atoms with Gasteiger partial charge in [-0.3, -0.25) is 4.79 Å². The third kappa shape index (κ3) is 6.25. The van der Waals surface area contributed by atoms with E-state index in [2.05, 4.69) is 46.7 Å². The van der Waals surface area contributed by atoms with Crippen LogP contribution in [0, 0.1) is 0 Å². The van der Waals surface area contributed by atoms with Crippen molar-refractivity contribution in [1.82, 2.24) is 10.6 Å². The summed E-state index contributed by atoms with van der Waals surface area (Å²) in [6.07, 6.45) is 1.52. The maximum Gasteiger partial charge on any atom is 0.221 e. The van der Waals surface area contributed by atoms with Crippen molar-refractivity contribution >= 4 is 11.6 Å². The molecule has 1 rings (SSSR count). The molecule has 4 nitrogen and oxygen atoms in total. The van der Waals surface area contributed by atoms with Gasteiger partial charge >= 0.3 is 0 Å². The topological polar surface area (TPSA) is 44.4 Å². The second-order valence-corrected chi connectivity index (χ2v) is 4.84. The highest BCUT2D eigenvalue weighted by atomic mass is 16.1. The second-order valence-electron chi connectivity index (χ2n) is 4.84. The highest BCUT2D eigenvalue weighted by Gasteiger charge is 2.00. The minimum absolute atomic E-state index is 0.123. The Labute approximate surface area is 116 Å². The van der Waals surface area contributed by atoms with Crippen LogP contribution in [0.2, 0.25) is 0 Å². The van der Waals surface area contributed by atoms with Crippen LogP contribution in [0.5, 0.6) is 0 Å². The molecule has 2 N–H and O–H groups in total. The summed E-state index contributed by atoms with van der Waals surface area (Å²) in [5, 5.41) is 6.15. The highest BCUT2D eigenvalue weighted by Crippen LogP contribution is 2.11. The molecule has 106 valence electrons.